The van der Waals surface area contributed by atoms with E-state index >= 15 is 0 Å². The molecular formula is C18H17F2N5OS. The van der Waals surface area contributed by atoms with Crippen molar-refractivity contribution in [1.29, 1.82) is 0 Å². The maximum absolute atomic E-state index is 14.4. The summed E-state index contributed by atoms with van der Waals surface area (Å²) in [5.74, 6) is -0.968. The van der Waals surface area contributed by atoms with Crippen LogP contribution in [0, 0.1) is 25.5 Å². The van der Waals surface area contributed by atoms with E-state index in [0.29, 0.717) is 11.5 Å². The topological polar surface area (TPSA) is 64.7 Å². The molecule has 0 saturated heterocycles. The summed E-state index contributed by atoms with van der Waals surface area (Å²) in [6.45, 7) is 3.77. The van der Waals surface area contributed by atoms with Crippen LogP contribution in [0.5, 0.6) is 0 Å². The lowest BCUT2D eigenvalue weighted by Crippen LogP contribution is -2.16. The quantitative estimate of drug-likeness (QED) is 0.731. The molecule has 3 aromatic rings. The maximum atomic E-state index is 14.4. The molecule has 1 atom stereocenters. The van der Waals surface area contributed by atoms with Crippen LogP contribution in [0.3, 0.4) is 0 Å². The molecule has 0 fully saturated rings. The zero-order chi connectivity index (χ0) is 19.3. The number of nitrogens with one attached hydrogen (secondary N) is 1. The number of amides is 1. The first-order valence-corrected chi connectivity index (χ1v) is 9.36. The number of aryl methyl sites for hydroxylation is 2. The number of carbonyl (C=O) groups excluding carboxylic acids is 1. The SMILES string of the molecule is Cc1nn(-c2ccc(F)cc2F)c2c1[C@@H](c1cnn(C)c1C)SCC(=O)N2. The summed E-state index contributed by atoms with van der Waals surface area (Å²) in [6.07, 6.45) is 1.78. The molecule has 0 unspecified atom stereocenters. The van der Waals surface area contributed by atoms with Gasteiger partial charge < -0.3 is 5.32 Å². The molecule has 1 N–H and O–H groups in total. The summed E-state index contributed by atoms with van der Waals surface area (Å²) >= 11 is 1.47. The van der Waals surface area contributed by atoms with Gasteiger partial charge in [-0.2, -0.15) is 10.2 Å². The predicted molar refractivity (Wildman–Crippen MR) is 99.1 cm³/mol. The van der Waals surface area contributed by atoms with E-state index in [1.807, 2.05) is 20.9 Å². The van der Waals surface area contributed by atoms with Crippen LogP contribution >= 0.6 is 11.8 Å². The highest BCUT2D eigenvalue weighted by Gasteiger charge is 2.32. The minimum atomic E-state index is -0.749. The van der Waals surface area contributed by atoms with E-state index in [1.165, 1.54) is 22.5 Å². The predicted octanol–water partition coefficient (Wildman–Crippen LogP) is 3.28. The van der Waals surface area contributed by atoms with Crippen molar-refractivity contribution in [3.63, 3.8) is 0 Å². The maximum Gasteiger partial charge on any atom is 0.235 e. The van der Waals surface area contributed by atoms with Crippen molar-refractivity contribution < 1.29 is 13.6 Å². The highest BCUT2D eigenvalue weighted by atomic mass is 32.2. The summed E-state index contributed by atoms with van der Waals surface area (Å²) < 4.78 is 30.8. The number of rotatable bonds is 2. The molecule has 140 valence electrons. The van der Waals surface area contributed by atoms with Gasteiger partial charge in [-0.3, -0.25) is 9.48 Å². The van der Waals surface area contributed by atoms with Gasteiger partial charge in [-0.25, -0.2) is 13.5 Å². The van der Waals surface area contributed by atoms with Gasteiger partial charge in [0.1, 0.15) is 17.3 Å². The fourth-order valence-corrected chi connectivity index (χ4v) is 4.48. The summed E-state index contributed by atoms with van der Waals surface area (Å²) in [4.78, 5) is 12.3. The second kappa shape index (κ2) is 6.49. The van der Waals surface area contributed by atoms with Gasteiger partial charge in [0.2, 0.25) is 5.91 Å². The van der Waals surface area contributed by atoms with Crippen molar-refractivity contribution >= 4 is 23.5 Å². The fourth-order valence-electron chi connectivity index (χ4n) is 3.23. The standard InChI is InChI=1S/C18H17F2N5OS/c1-9-16-17(12-7-21-24(3)10(12)2)27-8-15(26)22-18(16)25(23-9)14-5-4-11(19)6-13(14)20/h4-7,17H,8H2,1-3H3,(H,22,26)/t17-/m1/s1. The average Bonchev–Trinajstić information content (AvgIpc) is 3.03. The molecule has 1 amide bonds. The summed E-state index contributed by atoms with van der Waals surface area (Å²) in [5.41, 5.74) is 3.49. The summed E-state index contributed by atoms with van der Waals surface area (Å²) in [5, 5.41) is 11.4. The van der Waals surface area contributed by atoms with Crippen LogP contribution in [0.1, 0.15) is 27.8 Å². The molecule has 1 aliphatic heterocycles. The molecule has 2 aromatic heterocycles. The summed E-state index contributed by atoms with van der Waals surface area (Å²) in [6, 6.07) is 3.28. The van der Waals surface area contributed by atoms with E-state index < -0.39 is 11.6 Å². The number of anilines is 1. The van der Waals surface area contributed by atoms with Crippen LogP contribution < -0.4 is 5.32 Å². The van der Waals surface area contributed by atoms with Gasteiger partial charge in [-0.05, 0) is 26.0 Å². The molecule has 1 aromatic carbocycles. The third-order valence-electron chi connectivity index (χ3n) is 4.70. The molecule has 6 nitrogen and oxygen atoms in total. The van der Waals surface area contributed by atoms with Gasteiger partial charge in [-0.15, -0.1) is 11.8 Å². The first kappa shape index (κ1) is 17.7. The van der Waals surface area contributed by atoms with Gasteiger partial charge in [0.15, 0.2) is 5.82 Å². The van der Waals surface area contributed by atoms with Crippen LogP contribution in [0.25, 0.3) is 5.69 Å². The first-order chi connectivity index (χ1) is 12.9. The van der Waals surface area contributed by atoms with Crippen LogP contribution in [-0.4, -0.2) is 31.2 Å². The Kier molecular flexibility index (Phi) is 4.26. The summed E-state index contributed by atoms with van der Waals surface area (Å²) in [7, 11) is 1.86. The van der Waals surface area contributed by atoms with E-state index in [4.69, 9.17) is 0 Å². The second-order valence-corrected chi connectivity index (χ2v) is 7.50. The Bertz CT molecular complexity index is 1060. The van der Waals surface area contributed by atoms with E-state index in [1.54, 1.807) is 10.9 Å². The van der Waals surface area contributed by atoms with E-state index in [2.05, 4.69) is 15.5 Å². The molecule has 1 aliphatic rings. The third kappa shape index (κ3) is 2.91. The minimum absolute atomic E-state index is 0.0783. The largest absolute Gasteiger partial charge is 0.310 e. The minimum Gasteiger partial charge on any atom is -0.310 e. The molecule has 27 heavy (non-hydrogen) atoms. The van der Waals surface area contributed by atoms with Crippen molar-refractivity contribution in [3.05, 3.63) is 58.5 Å². The Morgan fingerprint density at radius 3 is 2.74 bits per heavy atom. The molecule has 4 rings (SSSR count). The fraction of sp³-hybridized carbons (Fsp3) is 0.278. The third-order valence-corrected chi connectivity index (χ3v) is 5.95. The van der Waals surface area contributed by atoms with Crippen molar-refractivity contribution in [2.45, 2.75) is 19.1 Å². The molecule has 0 saturated carbocycles. The molecule has 0 bridgehead atoms. The van der Waals surface area contributed by atoms with Crippen molar-refractivity contribution in [3.8, 4) is 5.69 Å². The smallest absolute Gasteiger partial charge is 0.235 e. The van der Waals surface area contributed by atoms with Gasteiger partial charge in [-0.1, -0.05) is 0 Å². The van der Waals surface area contributed by atoms with Crippen LogP contribution in [-0.2, 0) is 11.8 Å². The van der Waals surface area contributed by atoms with E-state index in [-0.39, 0.29) is 22.6 Å². The van der Waals surface area contributed by atoms with Crippen molar-refractivity contribution in [1.82, 2.24) is 19.6 Å². The highest BCUT2D eigenvalue weighted by Crippen LogP contribution is 2.44. The Morgan fingerprint density at radius 2 is 2.07 bits per heavy atom. The molecule has 3 heterocycles. The van der Waals surface area contributed by atoms with Gasteiger partial charge >= 0.3 is 0 Å². The molecule has 0 radical (unpaired) electrons. The molecular weight excluding hydrogens is 372 g/mol. The monoisotopic (exact) mass is 389 g/mol. The number of hydrogen-bond acceptors (Lipinski definition) is 4. The number of carbonyl (C=O) groups is 1. The van der Waals surface area contributed by atoms with E-state index in [0.717, 1.165) is 29.0 Å². The van der Waals surface area contributed by atoms with E-state index in [9.17, 15) is 13.6 Å². The van der Waals surface area contributed by atoms with Crippen LogP contribution in [0.4, 0.5) is 14.6 Å². The highest BCUT2D eigenvalue weighted by molar-refractivity contribution is 8.00. The number of thioether (sulfide) groups is 1. The number of fused-ring (bicyclic) bond motifs is 1. The molecule has 0 spiro atoms. The Hall–Kier alpha value is -2.68. The lowest BCUT2D eigenvalue weighted by molar-refractivity contribution is -0.113. The van der Waals surface area contributed by atoms with Crippen LogP contribution in [0.2, 0.25) is 0 Å². The Balaban J connectivity index is 1.93. The second-order valence-electron chi connectivity index (χ2n) is 6.40. The van der Waals surface area contributed by atoms with Crippen LogP contribution in [0.15, 0.2) is 24.4 Å². The lowest BCUT2D eigenvalue weighted by atomic mass is 10.0. The number of nitrogens with zero attached hydrogens (tertiary/aromatic N) is 4. The zero-order valence-electron chi connectivity index (χ0n) is 15.0. The normalized spacial score (nSPS) is 16.8. The molecule has 9 heteroatoms. The van der Waals surface area contributed by atoms with Crippen molar-refractivity contribution in [2.24, 2.45) is 7.05 Å². The molecule has 0 aliphatic carbocycles. The Labute approximate surface area is 158 Å². The number of benzene rings is 1. The number of halogens is 2. The number of aromatic nitrogens is 4. The lowest BCUT2D eigenvalue weighted by Gasteiger charge is -2.15. The zero-order valence-corrected chi connectivity index (χ0v) is 15.8. The van der Waals surface area contributed by atoms with Gasteiger partial charge in [0.05, 0.1) is 22.9 Å². The first-order valence-electron chi connectivity index (χ1n) is 8.31. The van der Waals surface area contributed by atoms with Gasteiger partial charge in [0, 0.05) is 29.9 Å². The van der Waals surface area contributed by atoms with Gasteiger partial charge in [0.25, 0.3) is 0 Å². The number of hydrogen-bond donors (Lipinski definition) is 1. The van der Waals surface area contributed by atoms with Crippen molar-refractivity contribution in [2.75, 3.05) is 11.1 Å². The average molecular weight is 389 g/mol. The Morgan fingerprint density at radius 1 is 1.30 bits per heavy atom.